The molecule has 0 bridgehead atoms. The summed E-state index contributed by atoms with van der Waals surface area (Å²) in [5.74, 6) is 4.03. The Morgan fingerprint density at radius 1 is 1.04 bits per heavy atom. The Morgan fingerprint density at radius 3 is 2.53 bits per heavy atom. The topological polar surface area (TPSA) is 103 Å². The minimum Gasteiger partial charge on any atom is -0.393 e. The number of allylic oxidation sites excluding steroid dienone is 4. The zero-order valence-corrected chi connectivity index (χ0v) is 29.5. The second kappa shape index (κ2) is 15.0. The molecule has 0 aliphatic heterocycles. The maximum absolute atomic E-state index is 11.1. The van der Waals surface area contributed by atoms with Gasteiger partial charge in [-0.05, 0) is 104 Å². The van der Waals surface area contributed by atoms with E-state index in [1.54, 1.807) is 11.6 Å². The molecule has 0 spiro atoms. The van der Waals surface area contributed by atoms with Crippen LogP contribution < -0.4 is 0 Å². The van der Waals surface area contributed by atoms with Gasteiger partial charge in [0.25, 0.3) is 10.1 Å². The number of aromatic nitrogens is 2. The molecule has 1 aromatic heterocycles. The molecule has 254 valence electrons. The molecule has 3 aromatic rings. The number of H-pyrrole nitrogens is 1. The maximum Gasteiger partial charge on any atom is 0.294 e. The van der Waals surface area contributed by atoms with Gasteiger partial charge in [0.15, 0.2) is 0 Å². The number of benzene rings is 2. The SMILES string of the molecule is C=C1CC[C@H](O)C/C1=C/C=C1\CCC[C@]2(C)[C@@H]([C@H](C)CCCC(C)C)CC[C@@H]12.O=S(=O)(O)c1ccc2[nH]c(-c3ccccc3)nc2c1. The van der Waals surface area contributed by atoms with Crippen LogP contribution in [0, 0.1) is 29.1 Å². The Bertz CT molecular complexity index is 1700. The van der Waals surface area contributed by atoms with Crippen molar-refractivity contribution in [3.63, 3.8) is 0 Å². The van der Waals surface area contributed by atoms with Crippen molar-refractivity contribution in [3.05, 3.63) is 84.0 Å². The first-order chi connectivity index (χ1) is 22.3. The van der Waals surface area contributed by atoms with Gasteiger partial charge < -0.3 is 10.1 Å². The molecule has 3 N–H and O–H groups in total. The van der Waals surface area contributed by atoms with E-state index in [1.165, 1.54) is 74.6 Å². The normalized spacial score (nSPS) is 27.2. The van der Waals surface area contributed by atoms with E-state index in [0.717, 1.165) is 48.5 Å². The third kappa shape index (κ3) is 8.54. The van der Waals surface area contributed by atoms with Crippen LogP contribution in [-0.4, -0.2) is 34.1 Å². The molecule has 3 aliphatic carbocycles. The highest BCUT2D eigenvalue weighted by Crippen LogP contribution is 2.60. The van der Waals surface area contributed by atoms with Crippen molar-refractivity contribution in [2.75, 3.05) is 0 Å². The second-order valence-corrected chi connectivity index (χ2v) is 16.4. The number of aliphatic hydroxyl groups is 1. The molecule has 0 radical (unpaired) electrons. The fraction of sp³-hybridized carbons (Fsp3) is 0.525. The van der Waals surface area contributed by atoms with Gasteiger partial charge in [-0.1, -0.05) is 107 Å². The van der Waals surface area contributed by atoms with Crippen LogP contribution in [0.3, 0.4) is 0 Å². The molecule has 2 aromatic carbocycles. The lowest BCUT2D eigenvalue weighted by Crippen LogP contribution is -2.36. The lowest BCUT2D eigenvalue weighted by molar-refractivity contribution is 0.0928. The minimum atomic E-state index is -4.20. The summed E-state index contributed by atoms with van der Waals surface area (Å²) in [4.78, 5) is 7.27. The summed E-state index contributed by atoms with van der Waals surface area (Å²) in [5.41, 5.74) is 6.83. The lowest BCUT2D eigenvalue weighted by atomic mass is 9.60. The summed E-state index contributed by atoms with van der Waals surface area (Å²) in [6.45, 7) is 14.1. The quantitative estimate of drug-likeness (QED) is 0.209. The minimum absolute atomic E-state index is 0.161. The number of aromatic amines is 1. The Balaban J connectivity index is 0.000000198. The number of fused-ring (bicyclic) bond motifs is 2. The molecule has 3 saturated carbocycles. The highest BCUT2D eigenvalue weighted by molar-refractivity contribution is 7.85. The molecule has 7 heteroatoms. The van der Waals surface area contributed by atoms with Crippen molar-refractivity contribution >= 4 is 21.2 Å². The molecule has 47 heavy (non-hydrogen) atoms. The first kappa shape index (κ1) is 35.3. The third-order valence-electron chi connectivity index (χ3n) is 11.2. The molecule has 0 unspecified atom stereocenters. The highest BCUT2D eigenvalue weighted by atomic mass is 32.2. The van der Waals surface area contributed by atoms with E-state index >= 15 is 0 Å². The summed E-state index contributed by atoms with van der Waals surface area (Å²) < 4.78 is 31.1. The van der Waals surface area contributed by atoms with Crippen molar-refractivity contribution in [2.45, 2.75) is 109 Å². The van der Waals surface area contributed by atoms with E-state index in [1.807, 2.05) is 30.3 Å². The monoisotopic (exact) mass is 658 g/mol. The van der Waals surface area contributed by atoms with Gasteiger partial charge in [0.2, 0.25) is 0 Å². The maximum atomic E-state index is 11.1. The van der Waals surface area contributed by atoms with E-state index in [0.29, 0.717) is 22.3 Å². The van der Waals surface area contributed by atoms with Gasteiger partial charge in [-0.15, -0.1) is 0 Å². The Hall–Kier alpha value is -3.00. The predicted octanol–water partition coefficient (Wildman–Crippen LogP) is 10.1. The summed E-state index contributed by atoms with van der Waals surface area (Å²) in [7, 11) is -4.20. The van der Waals surface area contributed by atoms with Crippen LogP contribution in [0.5, 0.6) is 0 Å². The molecule has 5 atom stereocenters. The van der Waals surface area contributed by atoms with Crippen LogP contribution in [0.15, 0.2) is 88.9 Å². The molecule has 6 nitrogen and oxygen atoms in total. The molecular weight excluding hydrogens is 605 g/mol. The average Bonchev–Trinajstić information content (AvgIpc) is 3.62. The van der Waals surface area contributed by atoms with E-state index in [4.69, 9.17) is 4.55 Å². The molecule has 3 aliphatic rings. The molecule has 6 rings (SSSR count). The Kier molecular flexibility index (Phi) is 11.3. The van der Waals surface area contributed by atoms with Crippen LogP contribution >= 0.6 is 0 Å². The first-order valence-corrected chi connectivity index (χ1v) is 19.1. The number of nitrogens with one attached hydrogen (secondary N) is 1. The van der Waals surface area contributed by atoms with Gasteiger partial charge in [0, 0.05) is 5.56 Å². The summed E-state index contributed by atoms with van der Waals surface area (Å²) in [6.07, 6.45) is 18.2. The third-order valence-corrected chi connectivity index (χ3v) is 12.0. The molecule has 0 saturated heterocycles. The van der Waals surface area contributed by atoms with E-state index in [9.17, 15) is 13.5 Å². The Morgan fingerprint density at radius 2 is 1.81 bits per heavy atom. The van der Waals surface area contributed by atoms with Crippen molar-refractivity contribution in [2.24, 2.45) is 29.1 Å². The first-order valence-electron chi connectivity index (χ1n) is 17.6. The van der Waals surface area contributed by atoms with Gasteiger partial charge >= 0.3 is 0 Å². The standard InChI is InChI=1S/C27H44O.C13H10N2O3S/c1-19(2)8-6-9-21(4)25-15-16-26-22(10-7-17-27(25,26)5)12-13-23-18-24(28)14-11-20(23)3;16-19(17,18)10-6-7-11-12(8-10)15-13(14-11)9-4-2-1-3-5-9/h12-13,19,21,24-26,28H,3,6-11,14-18H2,1-2,4-5H3;1-8H,(H,14,15)(H,16,17,18)/b22-12+,23-13-;/t21-,24+,25-,26+,27-;/m1./s1. The lowest BCUT2D eigenvalue weighted by Gasteiger charge is -2.44. The smallest absolute Gasteiger partial charge is 0.294 e. The van der Waals surface area contributed by atoms with Crippen molar-refractivity contribution in [3.8, 4) is 11.4 Å². The average molecular weight is 659 g/mol. The molecule has 1 heterocycles. The summed E-state index contributed by atoms with van der Waals surface area (Å²) >= 11 is 0. The van der Waals surface area contributed by atoms with Crippen molar-refractivity contribution in [1.29, 1.82) is 0 Å². The van der Waals surface area contributed by atoms with Crippen molar-refractivity contribution in [1.82, 2.24) is 9.97 Å². The van der Waals surface area contributed by atoms with Crippen molar-refractivity contribution < 1.29 is 18.1 Å². The fourth-order valence-electron chi connectivity index (χ4n) is 8.54. The van der Waals surface area contributed by atoms with Crippen LogP contribution in [0.1, 0.15) is 98.3 Å². The van der Waals surface area contributed by atoms with E-state index in [2.05, 4.69) is 56.4 Å². The van der Waals surface area contributed by atoms with Gasteiger partial charge in [0.05, 0.1) is 22.0 Å². The number of hydrogen-bond donors (Lipinski definition) is 3. The number of nitrogens with zero attached hydrogens (tertiary/aromatic N) is 1. The van der Waals surface area contributed by atoms with Crippen LogP contribution in [0.25, 0.3) is 22.4 Å². The Labute approximate surface area is 282 Å². The van der Waals surface area contributed by atoms with Gasteiger partial charge in [-0.25, -0.2) is 4.98 Å². The number of aliphatic hydroxyl groups excluding tert-OH is 1. The van der Waals surface area contributed by atoms with Crippen LogP contribution in [0.4, 0.5) is 0 Å². The second-order valence-electron chi connectivity index (χ2n) is 14.9. The van der Waals surface area contributed by atoms with Crippen LogP contribution in [-0.2, 0) is 10.1 Å². The number of hydrogen-bond acceptors (Lipinski definition) is 4. The van der Waals surface area contributed by atoms with Gasteiger partial charge in [0.1, 0.15) is 5.82 Å². The predicted molar refractivity (Wildman–Crippen MR) is 193 cm³/mol. The zero-order chi connectivity index (χ0) is 33.8. The van der Waals surface area contributed by atoms with Gasteiger partial charge in [-0.2, -0.15) is 8.42 Å². The summed E-state index contributed by atoms with van der Waals surface area (Å²) in [5, 5.41) is 10.0. The summed E-state index contributed by atoms with van der Waals surface area (Å²) in [6, 6.07) is 13.8. The van der Waals surface area contributed by atoms with E-state index < -0.39 is 10.1 Å². The van der Waals surface area contributed by atoms with E-state index in [-0.39, 0.29) is 11.0 Å². The molecule has 3 fully saturated rings. The highest BCUT2D eigenvalue weighted by Gasteiger charge is 2.50. The number of imidazole rings is 1. The fourth-order valence-corrected chi connectivity index (χ4v) is 9.04. The van der Waals surface area contributed by atoms with Crippen LogP contribution in [0.2, 0.25) is 0 Å². The number of rotatable bonds is 8. The zero-order valence-electron chi connectivity index (χ0n) is 28.7. The van der Waals surface area contributed by atoms with Gasteiger partial charge in [-0.3, -0.25) is 4.55 Å². The molecule has 0 amide bonds. The largest absolute Gasteiger partial charge is 0.393 e. The molecular formula is C40H54N2O4S.